The van der Waals surface area contributed by atoms with Gasteiger partial charge in [-0.2, -0.15) is 0 Å². The molecule has 1 aliphatic rings. The molecule has 0 aromatic rings. The molecule has 4 nitrogen and oxygen atoms in total. The van der Waals surface area contributed by atoms with Crippen LogP contribution in [0.15, 0.2) is 0 Å². The summed E-state index contributed by atoms with van der Waals surface area (Å²) in [5.41, 5.74) is -1.38. The lowest BCUT2D eigenvalue weighted by Gasteiger charge is -2.26. The number of carbonyl (C=O) groups is 1. The van der Waals surface area contributed by atoms with E-state index in [4.69, 9.17) is 0 Å². The molecule has 1 fully saturated rings. The summed E-state index contributed by atoms with van der Waals surface area (Å²) in [6, 6.07) is 0. The van der Waals surface area contributed by atoms with Crippen molar-refractivity contribution in [3.8, 4) is 0 Å². The summed E-state index contributed by atoms with van der Waals surface area (Å²) in [5.74, 6) is 0.171. The first-order chi connectivity index (χ1) is 7.49. The van der Waals surface area contributed by atoms with Gasteiger partial charge in [-0.1, -0.05) is 13.3 Å². The van der Waals surface area contributed by atoms with Crippen molar-refractivity contribution in [3.63, 3.8) is 0 Å². The molecule has 0 spiro atoms. The van der Waals surface area contributed by atoms with Crippen LogP contribution in [0.4, 0.5) is 0 Å². The van der Waals surface area contributed by atoms with Gasteiger partial charge in [-0.3, -0.25) is 4.90 Å². The maximum Gasteiger partial charge on any atom is 0.338 e. The molecule has 0 amide bonds. The summed E-state index contributed by atoms with van der Waals surface area (Å²) in [6.45, 7) is 6.04. The molecule has 16 heavy (non-hydrogen) atoms. The van der Waals surface area contributed by atoms with Gasteiger partial charge in [-0.05, 0) is 32.2 Å². The Bertz CT molecular complexity index is 240. The average Bonchev–Trinajstić information content (AvgIpc) is 2.64. The second kappa shape index (κ2) is 5.64. The predicted octanol–water partition coefficient (Wildman–Crippen LogP) is 1.03. The van der Waals surface area contributed by atoms with E-state index in [0.29, 0.717) is 6.54 Å². The number of carbonyl (C=O) groups excluding carboxylic acids is 1. The van der Waals surface area contributed by atoms with E-state index in [9.17, 15) is 9.90 Å². The van der Waals surface area contributed by atoms with Crippen LogP contribution in [0, 0.1) is 5.92 Å². The third-order valence-corrected chi connectivity index (χ3v) is 3.22. The van der Waals surface area contributed by atoms with Crippen molar-refractivity contribution in [2.45, 2.75) is 38.7 Å². The lowest BCUT2D eigenvalue weighted by atomic mass is 10.0. The van der Waals surface area contributed by atoms with Gasteiger partial charge in [0.25, 0.3) is 0 Å². The number of rotatable bonds is 5. The maximum absolute atomic E-state index is 11.3. The van der Waals surface area contributed by atoms with E-state index in [0.717, 1.165) is 19.0 Å². The topological polar surface area (TPSA) is 49.8 Å². The standard InChI is InChI=1S/C12H23NO3/c1-4-5-10-6-7-13(8-10)9-12(2,15)11(14)16-3/h10,15H,4-9H2,1-3H3. The van der Waals surface area contributed by atoms with E-state index in [1.807, 2.05) is 0 Å². The Morgan fingerprint density at radius 2 is 2.31 bits per heavy atom. The molecular formula is C12H23NO3. The van der Waals surface area contributed by atoms with E-state index in [1.165, 1.54) is 33.3 Å². The Kier molecular flexibility index (Phi) is 4.74. The zero-order valence-corrected chi connectivity index (χ0v) is 10.5. The molecule has 0 aromatic heterocycles. The fraction of sp³-hybridized carbons (Fsp3) is 0.917. The number of likely N-dealkylation sites (tertiary alicyclic amines) is 1. The molecule has 1 heterocycles. The third-order valence-electron chi connectivity index (χ3n) is 3.22. The van der Waals surface area contributed by atoms with Gasteiger partial charge in [0.15, 0.2) is 5.60 Å². The fourth-order valence-corrected chi connectivity index (χ4v) is 2.42. The summed E-state index contributed by atoms with van der Waals surface area (Å²) in [7, 11) is 1.31. The summed E-state index contributed by atoms with van der Waals surface area (Å²) in [5, 5.41) is 9.94. The van der Waals surface area contributed by atoms with Crippen LogP contribution in [0.3, 0.4) is 0 Å². The molecular weight excluding hydrogens is 206 g/mol. The first kappa shape index (κ1) is 13.5. The van der Waals surface area contributed by atoms with Crippen LogP contribution in [0.1, 0.15) is 33.1 Å². The number of methoxy groups -OCH3 is 1. The smallest absolute Gasteiger partial charge is 0.338 e. The Hall–Kier alpha value is -0.610. The van der Waals surface area contributed by atoms with Crippen LogP contribution >= 0.6 is 0 Å². The lowest BCUT2D eigenvalue weighted by Crippen LogP contribution is -2.46. The number of aliphatic hydroxyl groups is 1. The van der Waals surface area contributed by atoms with Crippen LogP contribution < -0.4 is 0 Å². The van der Waals surface area contributed by atoms with E-state index < -0.39 is 11.6 Å². The van der Waals surface area contributed by atoms with Crippen molar-refractivity contribution < 1.29 is 14.6 Å². The first-order valence-electron chi connectivity index (χ1n) is 6.02. The second-order valence-corrected chi connectivity index (χ2v) is 4.94. The molecule has 0 radical (unpaired) electrons. The Balaban J connectivity index is 2.41. The molecule has 0 saturated carbocycles. The Morgan fingerprint density at radius 3 is 2.88 bits per heavy atom. The van der Waals surface area contributed by atoms with Gasteiger partial charge in [-0.25, -0.2) is 4.79 Å². The van der Waals surface area contributed by atoms with E-state index in [-0.39, 0.29) is 0 Å². The van der Waals surface area contributed by atoms with Crippen LogP contribution in [-0.2, 0) is 9.53 Å². The molecule has 1 saturated heterocycles. The molecule has 1 aliphatic heterocycles. The average molecular weight is 229 g/mol. The van der Waals surface area contributed by atoms with Gasteiger partial charge in [0, 0.05) is 13.1 Å². The fourth-order valence-electron chi connectivity index (χ4n) is 2.42. The van der Waals surface area contributed by atoms with Gasteiger partial charge < -0.3 is 9.84 Å². The highest BCUT2D eigenvalue weighted by Crippen LogP contribution is 2.22. The highest BCUT2D eigenvalue weighted by atomic mass is 16.5. The number of esters is 1. The summed E-state index contributed by atoms with van der Waals surface area (Å²) in [6.07, 6.45) is 3.61. The lowest BCUT2D eigenvalue weighted by molar-refractivity contribution is -0.162. The van der Waals surface area contributed by atoms with E-state index in [2.05, 4.69) is 16.6 Å². The molecule has 1 N–H and O–H groups in total. The zero-order valence-electron chi connectivity index (χ0n) is 10.5. The van der Waals surface area contributed by atoms with Gasteiger partial charge in [0.1, 0.15) is 0 Å². The van der Waals surface area contributed by atoms with Gasteiger partial charge >= 0.3 is 5.97 Å². The number of nitrogens with zero attached hydrogens (tertiary/aromatic N) is 1. The zero-order chi connectivity index (χ0) is 12.2. The molecule has 2 atom stereocenters. The summed E-state index contributed by atoms with van der Waals surface area (Å²) < 4.78 is 4.58. The second-order valence-electron chi connectivity index (χ2n) is 4.94. The Morgan fingerprint density at radius 1 is 1.62 bits per heavy atom. The van der Waals surface area contributed by atoms with Crippen molar-refractivity contribution in [1.82, 2.24) is 4.90 Å². The van der Waals surface area contributed by atoms with Gasteiger partial charge in [0.05, 0.1) is 7.11 Å². The number of hydrogen-bond donors (Lipinski definition) is 1. The van der Waals surface area contributed by atoms with Crippen molar-refractivity contribution >= 4 is 5.97 Å². The van der Waals surface area contributed by atoms with Gasteiger partial charge in [0.2, 0.25) is 0 Å². The molecule has 0 aromatic carbocycles. The SMILES string of the molecule is CCCC1CCN(CC(C)(O)C(=O)OC)C1. The number of ether oxygens (including phenoxy) is 1. The van der Waals surface area contributed by atoms with Gasteiger partial charge in [-0.15, -0.1) is 0 Å². The molecule has 0 aliphatic carbocycles. The van der Waals surface area contributed by atoms with Crippen LogP contribution in [0.25, 0.3) is 0 Å². The van der Waals surface area contributed by atoms with Crippen LogP contribution in [0.2, 0.25) is 0 Å². The molecule has 94 valence electrons. The van der Waals surface area contributed by atoms with Crippen LogP contribution in [-0.4, -0.2) is 48.3 Å². The summed E-state index contributed by atoms with van der Waals surface area (Å²) >= 11 is 0. The summed E-state index contributed by atoms with van der Waals surface area (Å²) in [4.78, 5) is 13.5. The minimum absolute atomic E-state index is 0.375. The largest absolute Gasteiger partial charge is 0.467 e. The van der Waals surface area contributed by atoms with Crippen molar-refractivity contribution in [2.75, 3.05) is 26.7 Å². The predicted molar refractivity (Wildman–Crippen MR) is 62.1 cm³/mol. The van der Waals surface area contributed by atoms with Crippen molar-refractivity contribution in [3.05, 3.63) is 0 Å². The Labute approximate surface area is 97.6 Å². The van der Waals surface area contributed by atoms with Crippen molar-refractivity contribution in [1.29, 1.82) is 0 Å². The molecule has 0 bridgehead atoms. The van der Waals surface area contributed by atoms with Crippen LogP contribution in [0.5, 0.6) is 0 Å². The van der Waals surface area contributed by atoms with E-state index in [1.54, 1.807) is 0 Å². The molecule has 1 rings (SSSR count). The number of β-amino-alcohol motifs (C(OH)–C–C–N with tert-alkyl or cyclic N) is 1. The quantitative estimate of drug-likeness (QED) is 0.715. The third kappa shape index (κ3) is 3.46. The highest BCUT2D eigenvalue weighted by Gasteiger charge is 2.35. The number of hydrogen-bond acceptors (Lipinski definition) is 4. The normalized spacial score (nSPS) is 25.4. The molecule has 2 unspecified atom stereocenters. The first-order valence-corrected chi connectivity index (χ1v) is 6.02. The molecule has 4 heteroatoms. The maximum atomic E-state index is 11.3. The highest BCUT2D eigenvalue weighted by molar-refractivity contribution is 5.78. The minimum Gasteiger partial charge on any atom is -0.467 e. The van der Waals surface area contributed by atoms with E-state index >= 15 is 0 Å². The minimum atomic E-state index is -1.38. The monoisotopic (exact) mass is 229 g/mol. The van der Waals surface area contributed by atoms with Crippen molar-refractivity contribution in [2.24, 2.45) is 5.92 Å².